The molecule has 0 aliphatic carbocycles. The van der Waals surface area contributed by atoms with E-state index in [1.165, 1.54) is 6.07 Å². The van der Waals surface area contributed by atoms with Crippen LogP contribution < -0.4 is 5.32 Å². The van der Waals surface area contributed by atoms with Crippen molar-refractivity contribution in [2.24, 2.45) is 0 Å². The lowest BCUT2D eigenvalue weighted by molar-refractivity contribution is 0.464. The summed E-state index contributed by atoms with van der Waals surface area (Å²) in [7, 11) is 0. The van der Waals surface area contributed by atoms with E-state index in [0.717, 1.165) is 23.1 Å². The van der Waals surface area contributed by atoms with Crippen LogP contribution in [0.3, 0.4) is 0 Å². The minimum Gasteiger partial charge on any atom is -0.456 e. The molecule has 1 atom stereocenters. The molecule has 3 nitrogen and oxygen atoms in total. The van der Waals surface area contributed by atoms with Crippen LogP contribution >= 0.6 is 0 Å². The van der Waals surface area contributed by atoms with Crippen LogP contribution in [-0.4, -0.2) is 11.5 Å². The Morgan fingerprint density at radius 3 is 2.86 bits per heavy atom. The lowest BCUT2D eigenvalue weighted by Gasteiger charge is -2.15. The molecular weight excluding hydrogens is 267 g/mol. The zero-order chi connectivity index (χ0) is 14.8. The van der Waals surface area contributed by atoms with E-state index in [0.29, 0.717) is 11.3 Å². The van der Waals surface area contributed by atoms with Gasteiger partial charge in [-0.05, 0) is 36.7 Å². The van der Waals surface area contributed by atoms with Crippen molar-refractivity contribution in [2.45, 2.75) is 19.9 Å². The van der Waals surface area contributed by atoms with E-state index in [4.69, 9.17) is 4.42 Å². The zero-order valence-electron chi connectivity index (χ0n) is 12.1. The van der Waals surface area contributed by atoms with Gasteiger partial charge >= 0.3 is 0 Å². The summed E-state index contributed by atoms with van der Waals surface area (Å²) in [5.74, 6) is 0.362. The monoisotopic (exact) mass is 284 g/mol. The van der Waals surface area contributed by atoms with Crippen molar-refractivity contribution >= 4 is 11.0 Å². The lowest BCUT2D eigenvalue weighted by Crippen LogP contribution is -2.21. The first-order chi connectivity index (χ1) is 10.2. The molecule has 0 aliphatic rings. The molecule has 2 heterocycles. The summed E-state index contributed by atoms with van der Waals surface area (Å²) in [5.41, 5.74) is 2.39. The Morgan fingerprint density at radius 1 is 1.29 bits per heavy atom. The number of benzene rings is 1. The molecule has 2 aromatic heterocycles. The van der Waals surface area contributed by atoms with Crippen LogP contribution in [0.4, 0.5) is 4.39 Å². The molecule has 108 valence electrons. The third-order valence-corrected chi connectivity index (χ3v) is 3.44. The zero-order valence-corrected chi connectivity index (χ0v) is 12.1. The van der Waals surface area contributed by atoms with Crippen LogP contribution in [-0.2, 0) is 0 Å². The van der Waals surface area contributed by atoms with E-state index < -0.39 is 0 Å². The molecule has 0 spiro atoms. The number of nitrogens with one attached hydrogen (secondary N) is 1. The molecule has 4 heteroatoms. The van der Waals surface area contributed by atoms with Crippen LogP contribution in [0.5, 0.6) is 0 Å². The average molecular weight is 284 g/mol. The molecule has 0 amide bonds. The van der Waals surface area contributed by atoms with Crippen LogP contribution in [0.25, 0.3) is 11.0 Å². The number of hydrogen-bond donors (Lipinski definition) is 1. The number of hydrogen-bond acceptors (Lipinski definition) is 3. The largest absolute Gasteiger partial charge is 0.456 e. The van der Waals surface area contributed by atoms with Gasteiger partial charge in [0.2, 0.25) is 0 Å². The highest BCUT2D eigenvalue weighted by Gasteiger charge is 2.19. The molecule has 3 aromatic rings. The summed E-state index contributed by atoms with van der Waals surface area (Å²) in [6.45, 7) is 4.80. The number of aromatic nitrogens is 1. The third kappa shape index (κ3) is 2.67. The van der Waals surface area contributed by atoms with Gasteiger partial charge in [0, 0.05) is 17.8 Å². The van der Waals surface area contributed by atoms with Crippen molar-refractivity contribution in [3.63, 3.8) is 0 Å². The molecule has 0 bridgehead atoms. The highest BCUT2D eigenvalue weighted by Crippen LogP contribution is 2.29. The molecule has 0 radical (unpaired) electrons. The van der Waals surface area contributed by atoms with Gasteiger partial charge in [-0.3, -0.25) is 4.98 Å². The number of para-hydroxylation sites is 1. The molecule has 3 rings (SSSR count). The van der Waals surface area contributed by atoms with Gasteiger partial charge in [-0.2, -0.15) is 0 Å². The van der Waals surface area contributed by atoms with E-state index in [9.17, 15) is 4.39 Å². The van der Waals surface area contributed by atoms with E-state index in [1.54, 1.807) is 6.07 Å². The Hall–Kier alpha value is -2.20. The van der Waals surface area contributed by atoms with Crippen LogP contribution in [0, 0.1) is 12.7 Å². The highest BCUT2D eigenvalue weighted by molar-refractivity contribution is 5.78. The summed E-state index contributed by atoms with van der Waals surface area (Å²) in [4.78, 5) is 4.23. The number of furan rings is 1. The van der Waals surface area contributed by atoms with E-state index >= 15 is 0 Å². The summed E-state index contributed by atoms with van der Waals surface area (Å²) in [6.07, 6.45) is 3.62. The smallest absolute Gasteiger partial charge is 0.169 e. The minimum absolute atomic E-state index is 0.130. The van der Waals surface area contributed by atoms with Crippen molar-refractivity contribution in [3.8, 4) is 0 Å². The van der Waals surface area contributed by atoms with Crippen molar-refractivity contribution in [2.75, 3.05) is 6.54 Å². The maximum absolute atomic E-state index is 13.8. The quantitative estimate of drug-likeness (QED) is 0.787. The molecule has 0 aliphatic heterocycles. The first kappa shape index (κ1) is 13.8. The second kappa shape index (κ2) is 5.66. The maximum atomic E-state index is 13.8. The normalized spacial score (nSPS) is 12.7. The topological polar surface area (TPSA) is 38.1 Å². The molecule has 0 saturated heterocycles. The fraction of sp³-hybridized carbons (Fsp3) is 0.235. The Kier molecular flexibility index (Phi) is 3.71. The Balaban J connectivity index is 2.09. The van der Waals surface area contributed by atoms with Gasteiger partial charge in [0.25, 0.3) is 0 Å². The molecule has 1 aromatic carbocycles. The predicted molar refractivity (Wildman–Crippen MR) is 80.7 cm³/mol. The van der Waals surface area contributed by atoms with Crippen molar-refractivity contribution in [1.29, 1.82) is 0 Å². The van der Waals surface area contributed by atoms with Gasteiger partial charge in [-0.15, -0.1) is 0 Å². The number of halogens is 1. The van der Waals surface area contributed by atoms with Crippen LogP contribution in [0.15, 0.2) is 47.1 Å². The Morgan fingerprint density at radius 2 is 2.14 bits per heavy atom. The van der Waals surface area contributed by atoms with Crippen LogP contribution in [0.1, 0.15) is 29.9 Å². The lowest BCUT2D eigenvalue weighted by atomic mass is 10.0. The van der Waals surface area contributed by atoms with Gasteiger partial charge < -0.3 is 9.73 Å². The molecule has 1 N–H and O–H groups in total. The number of aryl methyl sites for hydroxylation is 1. The standard InChI is InChI=1S/C17H17FN2O/c1-3-20-16(13-7-11(2)9-19-10-13)15-8-12-5-4-6-14(18)17(12)21-15/h4-10,16,20H,3H2,1-2H3. The van der Waals surface area contributed by atoms with Crippen LogP contribution in [0.2, 0.25) is 0 Å². The van der Waals surface area contributed by atoms with Crippen molar-refractivity contribution < 1.29 is 8.81 Å². The number of fused-ring (bicyclic) bond motifs is 1. The second-order valence-corrected chi connectivity index (χ2v) is 5.09. The summed E-state index contributed by atoms with van der Waals surface area (Å²) >= 11 is 0. The number of nitrogens with zero attached hydrogens (tertiary/aromatic N) is 1. The number of pyridine rings is 1. The van der Waals surface area contributed by atoms with Crippen molar-refractivity contribution in [1.82, 2.24) is 10.3 Å². The van der Waals surface area contributed by atoms with Crippen molar-refractivity contribution in [3.05, 3.63) is 65.4 Å². The summed E-state index contributed by atoms with van der Waals surface area (Å²) in [6, 6.07) is 8.76. The fourth-order valence-corrected chi connectivity index (χ4v) is 2.51. The van der Waals surface area contributed by atoms with Gasteiger partial charge in [0.05, 0.1) is 6.04 Å². The highest BCUT2D eigenvalue weighted by atomic mass is 19.1. The van der Waals surface area contributed by atoms with Gasteiger partial charge in [-0.25, -0.2) is 4.39 Å². The molecule has 0 saturated carbocycles. The average Bonchev–Trinajstić information content (AvgIpc) is 2.90. The Bertz CT molecular complexity index is 766. The minimum atomic E-state index is -0.337. The SMILES string of the molecule is CCNC(c1cncc(C)c1)c1cc2cccc(F)c2o1. The molecule has 21 heavy (non-hydrogen) atoms. The first-order valence-corrected chi connectivity index (χ1v) is 7.02. The Labute approximate surface area is 122 Å². The third-order valence-electron chi connectivity index (χ3n) is 3.44. The predicted octanol–water partition coefficient (Wildman–Crippen LogP) is 3.97. The van der Waals surface area contributed by atoms with E-state index in [-0.39, 0.29) is 11.9 Å². The van der Waals surface area contributed by atoms with E-state index in [1.807, 2.05) is 38.4 Å². The summed E-state index contributed by atoms with van der Waals surface area (Å²) in [5, 5.41) is 4.14. The second-order valence-electron chi connectivity index (χ2n) is 5.09. The number of rotatable bonds is 4. The fourth-order valence-electron chi connectivity index (χ4n) is 2.51. The maximum Gasteiger partial charge on any atom is 0.169 e. The summed E-state index contributed by atoms with van der Waals surface area (Å²) < 4.78 is 19.5. The van der Waals surface area contributed by atoms with E-state index in [2.05, 4.69) is 16.4 Å². The molecule has 0 fully saturated rings. The van der Waals surface area contributed by atoms with Gasteiger partial charge in [0.15, 0.2) is 11.4 Å². The van der Waals surface area contributed by atoms with Gasteiger partial charge in [0.1, 0.15) is 5.76 Å². The molecule has 1 unspecified atom stereocenters. The molecular formula is C17H17FN2O. The van der Waals surface area contributed by atoms with Gasteiger partial charge in [-0.1, -0.05) is 25.1 Å². The first-order valence-electron chi connectivity index (χ1n) is 7.02.